The van der Waals surface area contributed by atoms with Crippen LogP contribution < -0.4 is 5.73 Å². The number of aromatic nitrogens is 3. The van der Waals surface area contributed by atoms with Gasteiger partial charge >= 0.3 is 0 Å². The molecule has 24 heavy (non-hydrogen) atoms. The van der Waals surface area contributed by atoms with Crippen molar-refractivity contribution in [2.45, 2.75) is 23.9 Å². The second kappa shape index (κ2) is 7.83. The Hall–Kier alpha value is -1.83. The summed E-state index contributed by atoms with van der Waals surface area (Å²) in [6.45, 7) is 0.466. The summed E-state index contributed by atoms with van der Waals surface area (Å²) >= 11 is 9.17. The molecule has 1 amide bonds. The van der Waals surface area contributed by atoms with Crippen molar-refractivity contribution >= 4 is 40.6 Å². The summed E-state index contributed by atoms with van der Waals surface area (Å²) in [5, 5.41) is 12.0. The minimum atomic E-state index is -0.341. The smallest absolute Gasteiger partial charge is 0.219 e. The predicted octanol–water partition coefficient (Wildman–Crippen LogP) is 3.83. The number of amides is 1. The van der Waals surface area contributed by atoms with E-state index >= 15 is 0 Å². The van der Waals surface area contributed by atoms with E-state index in [0.717, 1.165) is 27.2 Å². The lowest BCUT2D eigenvalue weighted by Gasteiger charge is -2.08. The summed E-state index contributed by atoms with van der Waals surface area (Å²) < 4.78 is 1.95. The first-order valence-electron chi connectivity index (χ1n) is 7.26. The molecule has 5 nitrogen and oxygen atoms in total. The van der Waals surface area contributed by atoms with Crippen molar-refractivity contribution in [2.75, 3.05) is 0 Å². The molecule has 2 aromatic heterocycles. The van der Waals surface area contributed by atoms with Crippen LogP contribution in [0.15, 0.2) is 46.9 Å². The molecule has 0 saturated heterocycles. The molecule has 0 atom stereocenters. The molecular formula is C16H15ClN4OS2. The van der Waals surface area contributed by atoms with Crippen LogP contribution in [0.1, 0.15) is 12.0 Å². The van der Waals surface area contributed by atoms with Gasteiger partial charge < -0.3 is 10.3 Å². The number of hydrogen-bond acceptors (Lipinski definition) is 5. The molecule has 0 unspecified atom stereocenters. The van der Waals surface area contributed by atoms with Crippen LogP contribution in [0.3, 0.4) is 0 Å². The number of rotatable bonds is 7. The van der Waals surface area contributed by atoms with Gasteiger partial charge in [0.05, 0.1) is 4.88 Å². The number of thioether (sulfide) groups is 1. The number of hydrogen-bond donors (Lipinski definition) is 1. The third-order valence-electron chi connectivity index (χ3n) is 3.30. The van der Waals surface area contributed by atoms with Crippen molar-refractivity contribution in [1.29, 1.82) is 0 Å². The molecule has 2 N–H and O–H groups in total. The number of halogens is 1. The highest BCUT2D eigenvalue weighted by molar-refractivity contribution is 7.98. The van der Waals surface area contributed by atoms with Crippen molar-refractivity contribution in [1.82, 2.24) is 14.8 Å². The lowest BCUT2D eigenvalue weighted by molar-refractivity contribution is -0.118. The number of benzene rings is 1. The fraction of sp³-hybridized carbons (Fsp3) is 0.188. The Bertz CT molecular complexity index is 832. The number of nitrogens with two attached hydrogens (primary N) is 1. The predicted molar refractivity (Wildman–Crippen MR) is 98.2 cm³/mol. The van der Waals surface area contributed by atoms with Crippen LogP contribution in [0.25, 0.3) is 10.7 Å². The van der Waals surface area contributed by atoms with Gasteiger partial charge in [-0.05, 0) is 29.1 Å². The third kappa shape index (κ3) is 4.17. The summed E-state index contributed by atoms with van der Waals surface area (Å²) in [6, 6.07) is 11.7. The van der Waals surface area contributed by atoms with E-state index in [1.54, 1.807) is 23.1 Å². The van der Waals surface area contributed by atoms with Crippen LogP contribution in [0.5, 0.6) is 0 Å². The molecular weight excluding hydrogens is 364 g/mol. The zero-order valence-corrected chi connectivity index (χ0v) is 15.1. The van der Waals surface area contributed by atoms with Gasteiger partial charge in [-0.2, -0.15) is 0 Å². The van der Waals surface area contributed by atoms with Crippen LogP contribution in [-0.2, 0) is 17.1 Å². The average molecular weight is 379 g/mol. The Morgan fingerprint density at radius 2 is 2.17 bits per heavy atom. The van der Waals surface area contributed by atoms with Gasteiger partial charge in [-0.15, -0.1) is 21.5 Å². The lowest BCUT2D eigenvalue weighted by atomic mass is 10.2. The number of nitrogens with zero attached hydrogens (tertiary/aromatic N) is 3. The minimum absolute atomic E-state index is 0.251. The molecule has 0 spiro atoms. The molecule has 0 bridgehead atoms. The van der Waals surface area contributed by atoms with E-state index in [2.05, 4.69) is 10.2 Å². The highest BCUT2D eigenvalue weighted by atomic mass is 35.5. The molecule has 0 aliphatic heterocycles. The lowest BCUT2D eigenvalue weighted by Crippen LogP contribution is -2.14. The fourth-order valence-corrected chi connectivity index (χ4v) is 4.02. The van der Waals surface area contributed by atoms with Crippen LogP contribution >= 0.6 is 34.7 Å². The van der Waals surface area contributed by atoms with E-state index < -0.39 is 0 Å². The third-order valence-corrected chi connectivity index (χ3v) is 5.44. The maximum absolute atomic E-state index is 11.2. The second-order valence-electron chi connectivity index (χ2n) is 5.07. The molecule has 0 saturated carbocycles. The second-order valence-corrected chi connectivity index (χ2v) is 7.40. The molecule has 3 aromatic rings. The topological polar surface area (TPSA) is 73.8 Å². The first kappa shape index (κ1) is 17.0. The molecule has 0 fully saturated rings. The van der Waals surface area contributed by atoms with Gasteiger partial charge in [-0.1, -0.05) is 41.6 Å². The molecule has 8 heteroatoms. The Balaban J connectivity index is 1.82. The molecule has 3 rings (SSSR count). The van der Waals surface area contributed by atoms with Crippen LogP contribution in [-0.4, -0.2) is 20.7 Å². The summed E-state index contributed by atoms with van der Waals surface area (Å²) in [7, 11) is 0. The summed E-state index contributed by atoms with van der Waals surface area (Å²) in [5.74, 6) is 1.14. The van der Waals surface area contributed by atoms with E-state index in [0.29, 0.717) is 11.6 Å². The summed E-state index contributed by atoms with van der Waals surface area (Å²) in [5.41, 5.74) is 6.40. The number of carbonyl (C=O) groups is 1. The molecule has 0 radical (unpaired) electrons. The van der Waals surface area contributed by atoms with E-state index in [4.69, 9.17) is 17.3 Å². The quantitative estimate of drug-likeness (QED) is 0.634. The highest BCUT2D eigenvalue weighted by Gasteiger charge is 2.15. The fourth-order valence-electron chi connectivity index (χ4n) is 2.18. The number of thiophene rings is 1. The standard InChI is InChI=1S/C16H15ClN4OS2/c17-12-4-1-3-11(9-12)10-24-16-20-19-15(13-5-2-8-23-13)21(16)7-6-14(18)22/h1-5,8-9H,6-7,10H2,(H2,18,22). The first-order valence-corrected chi connectivity index (χ1v) is 9.50. The minimum Gasteiger partial charge on any atom is -0.370 e. The van der Waals surface area contributed by atoms with E-state index in [1.165, 1.54) is 0 Å². The highest BCUT2D eigenvalue weighted by Crippen LogP contribution is 2.29. The molecule has 0 aliphatic rings. The van der Waals surface area contributed by atoms with Gasteiger partial charge in [0.1, 0.15) is 0 Å². The SMILES string of the molecule is NC(=O)CCn1c(SCc2cccc(Cl)c2)nnc1-c1cccs1. The van der Waals surface area contributed by atoms with Crippen molar-refractivity contribution in [3.63, 3.8) is 0 Å². The van der Waals surface area contributed by atoms with Gasteiger partial charge in [-0.25, -0.2) is 0 Å². The number of primary amides is 1. The monoisotopic (exact) mass is 378 g/mol. The van der Waals surface area contributed by atoms with Gasteiger partial charge in [0.25, 0.3) is 0 Å². The van der Waals surface area contributed by atoms with Crippen LogP contribution in [0.4, 0.5) is 0 Å². The Morgan fingerprint density at radius 3 is 2.88 bits per heavy atom. The molecule has 124 valence electrons. The zero-order valence-electron chi connectivity index (χ0n) is 12.7. The van der Waals surface area contributed by atoms with E-state index in [-0.39, 0.29) is 12.3 Å². The zero-order chi connectivity index (χ0) is 16.9. The van der Waals surface area contributed by atoms with Crippen molar-refractivity contribution in [3.05, 3.63) is 52.4 Å². The van der Waals surface area contributed by atoms with Crippen molar-refractivity contribution in [2.24, 2.45) is 5.73 Å². The van der Waals surface area contributed by atoms with Crippen molar-refractivity contribution in [3.8, 4) is 10.7 Å². The Morgan fingerprint density at radius 1 is 1.29 bits per heavy atom. The summed E-state index contributed by atoms with van der Waals surface area (Å²) in [6.07, 6.45) is 0.251. The van der Waals surface area contributed by atoms with Crippen LogP contribution in [0, 0.1) is 0 Å². The van der Waals surface area contributed by atoms with Gasteiger partial charge in [-0.3, -0.25) is 4.79 Å². The van der Waals surface area contributed by atoms with Crippen molar-refractivity contribution < 1.29 is 4.79 Å². The Labute approximate surface area is 152 Å². The number of carbonyl (C=O) groups excluding carboxylic acids is 1. The molecule has 1 aromatic carbocycles. The Kier molecular flexibility index (Phi) is 5.55. The molecule has 2 heterocycles. The van der Waals surface area contributed by atoms with Gasteiger partial charge in [0, 0.05) is 23.7 Å². The van der Waals surface area contributed by atoms with Gasteiger partial charge in [0.2, 0.25) is 5.91 Å². The van der Waals surface area contributed by atoms with E-state index in [1.807, 2.05) is 46.3 Å². The van der Waals surface area contributed by atoms with Crippen LogP contribution in [0.2, 0.25) is 5.02 Å². The summed E-state index contributed by atoms with van der Waals surface area (Å²) in [4.78, 5) is 12.2. The first-order chi connectivity index (χ1) is 11.6. The molecule has 0 aliphatic carbocycles. The maximum atomic E-state index is 11.2. The maximum Gasteiger partial charge on any atom is 0.219 e. The normalized spacial score (nSPS) is 10.9. The largest absolute Gasteiger partial charge is 0.370 e. The average Bonchev–Trinajstić information content (AvgIpc) is 3.20. The van der Waals surface area contributed by atoms with Gasteiger partial charge in [0.15, 0.2) is 11.0 Å². The van der Waals surface area contributed by atoms with E-state index in [9.17, 15) is 4.79 Å².